The molecule has 0 radical (unpaired) electrons. The van der Waals surface area contributed by atoms with Crippen molar-refractivity contribution in [2.45, 2.75) is 13.3 Å². The molecule has 34 heavy (non-hydrogen) atoms. The smallest absolute Gasteiger partial charge is 0.265 e. The maximum Gasteiger partial charge on any atom is 0.265 e. The zero-order valence-corrected chi connectivity index (χ0v) is 18.7. The summed E-state index contributed by atoms with van der Waals surface area (Å²) < 4.78 is 5.72. The van der Waals surface area contributed by atoms with Gasteiger partial charge in [0.25, 0.3) is 5.91 Å². The van der Waals surface area contributed by atoms with Gasteiger partial charge in [-0.3, -0.25) is 20.0 Å². The van der Waals surface area contributed by atoms with Crippen molar-refractivity contribution in [2.24, 2.45) is 5.84 Å². The Labute approximate surface area is 197 Å². The molecule has 2 amide bonds. The fourth-order valence-corrected chi connectivity index (χ4v) is 3.59. The van der Waals surface area contributed by atoms with Gasteiger partial charge in [-0.2, -0.15) is 0 Å². The third-order valence-electron chi connectivity index (χ3n) is 5.32. The highest BCUT2D eigenvalue weighted by atomic mass is 16.5. The van der Waals surface area contributed by atoms with Gasteiger partial charge in [0.1, 0.15) is 5.75 Å². The summed E-state index contributed by atoms with van der Waals surface area (Å²) in [6.45, 7) is 2.63. The Kier molecular flexibility index (Phi) is 7.10. The van der Waals surface area contributed by atoms with Crippen molar-refractivity contribution in [1.82, 2.24) is 20.7 Å². The molecule has 4 rings (SSSR count). The number of carbonyl (C=O) groups is 2. The molecule has 2 aromatic carbocycles. The molecule has 0 aliphatic carbocycles. The number of hydrogen-bond donors (Lipinski definition) is 3. The lowest BCUT2D eigenvalue weighted by Crippen LogP contribution is -2.30. The zero-order valence-electron chi connectivity index (χ0n) is 18.7. The molecule has 2 aromatic heterocycles. The minimum absolute atomic E-state index is 0.0365. The SMILES string of the molecule is CC(=O)NCCCOc1ccc(-c2ccc(-c3cc(C(=O)NN)c4cnccc4n3)cc2)cc1. The Hall–Kier alpha value is -4.30. The summed E-state index contributed by atoms with van der Waals surface area (Å²) in [6, 6.07) is 19.3. The molecule has 0 unspecified atom stereocenters. The van der Waals surface area contributed by atoms with Gasteiger partial charge in [0.05, 0.1) is 23.4 Å². The number of aromatic nitrogens is 2. The number of pyridine rings is 2. The number of benzene rings is 2. The van der Waals surface area contributed by atoms with E-state index in [0.717, 1.165) is 28.9 Å². The molecule has 172 valence electrons. The molecule has 0 saturated heterocycles. The predicted octanol–water partition coefficient (Wildman–Crippen LogP) is 3.47. The Balaban J connectivity index is 1.49. The van der Waals surface area contributed by atoms with Crippen molar-refractivity contribution in [3.05, 3.63) is 78.6 Å². The first kappa shape index (κ1) is 22.9. The van der Waals surface area contributed by atoms with E-state index in [1.165, 1.54) is 6.92 Å². The number of ether oxygens (including phenoxy) is 1. The van der Waals surface area contributed by atoms with E-state index in [1.807, 2.05) is 48.5 Å². The van der Waals surface area contributed by atoms with Gasteiger partial charge in [-0.05, 0) is 41.8 Å². The Morgan fingerprint density at radius 1 is 0.971 bits per heavy atom. The lowest BCUT2D eigenvalue weighted by Gasteiger charge is -2.10. The number of nitrogen functional groups attached to an aromatic ring is 1. The molecule has 4 aromatic rings. The van der Waals surface area contributed by atoms with Crippen LogP contribution in [0.15, 0.2) is 73.1 Å². The summed E-state index contributed by atoms with van der Waals surface area (Å²) >= 11 is 0. The molecule has 4 N–H and O–H groups in total. The van der Waals surface area contributed by atoms with Crippen LogP contribution in [0.2, 0.25) is 0 Å². The van der Waals surface area contributed by atoms with E-state index in [1.54, 1.807) is 24.5 Å². The summed E-state index contributed by atoms with van der Waals surface area (Å²) in [6.07, 6.45) is 4.00. The lowest BCUT2D eigenvalue weighted by atomic mass is 10.0. The maximum absolute atomic E-state index is 12.3. The summed E-state index contributed by atoms with van der Waals surface area (Å²) in [4.78, 5) is 31.9. The first-order chi connectivity index (χ1) is 16.5. The standard InChI is InChI=1S/C26H25N5O3/c1-17(32)29-12-2-14-34-21-9-7-19(8-10-21)18-3-5-20(6-4-18)25-15-22(26(33)31-27)23-16-28-13-11-24(23)30-25/h3-11,13,15-16H,2,12,14,27H2,1H3,(H,29,32)(H,31,33). The molecule has 8 heteroatoms. The molecule has 2 heterocycles. The van der Waals surface area contributed by atoms with Crippen LogP contribution in [-0.4, -0.2) is 34.9 Å². The Bertz CT molecular complexity index is 1300. The Morgan fingerprint density at radius 2 is 1.65 bits per heavy atom. The first-order valence-corrected chi connectivity index (χ1v) is 10.9. The number of amides is 2. The van der Waals surface area contributed by atoms with Crippen molar-refractivity contribution < 1.29 is 14.3 Å². The average Bonchev–Trinajstić information content (AvgIpc) is 2.87. The fraction of sp³-hybridized carbons (Fsp3) is 0.154. The van der Waals surface area contributed by atoms with Gasteiger partial charge in [-0.1, -0.05) is 36.4 Å². The second-order valence-corrected chi connectivity index (χ2v) is 7.71. The third kappa shape index (κ3) is 5.36. The quantitative estimate of drug-likeness (QED) is 0.162. The molecular formula is C26H25N5O3. The van der Waals surface area contributed by atoms with Gasteiger partial charge >= 0.3 is 0 Å². The van der Waals surface area contributed by atoms with E-state index in [-0.39, 0.29) is 5.91 Å². The minimum Gasteiger partial charge on any atom is -0.494 e. The molecule has 0 fully saturated rings. The summed E-state index contributed by atoms with van der Waals surface area (Å²) in [5.41, 5.74) is 6.94. The second-order valence-electron chi connectivity index (χ2n) is 7.71. The van der Waals surface area contributed by atoms with Gasteiger partial charge in [-0.25, -0.2) is 10.8 Å². The number of rotatable bonds is 8. The number of nitrogens with two attached hydrogens (primary N) is 1. The minimum atomic E-state index is -0.393. The van der Waals surface area contributed by atoms with Crippen LogP contribution in [0.4, 0.5) is 0 Å². The largest absolute Gasteiger partial charge is 0.494 e. The van der Waals surface area contributed by atoms with Crippen molar-refractivity contribution >= 4 is 22.7 Å². The molecular weight excluding hydrogens is 430 g/mol. The topological polar surface area (TPSA) is 119 Å². The van der Waals surface area contributed by atoms with E-state index in [2.05, 4.69) is 20.7 Å². The van der Waals surface area contributed by atoms with Crippen LogP contribution in [0.1, 0.15) is 23.7 Å². The van der Waals surface area contributed by atoms with Crippen LogP contribution in [-0.2, 0) is 4.79 Å². The van der Waals surface area contributed by atoms with E-state index in [0.29, 0.717) is 35.3 Å². The Morgan fingerprint density at radius 3 is 2.32 bits per heavy atom. The van der Waals surface area contributed by atoms with Gasteiger partial charge in [0.2, 0.25) is 5.91 Å². The number of fused-ring (bicyclic) bond motifs is 1. The van der Waals surface area contributed by atoms with Gasteiger partial charge in [0.15, 0.2) is 0 Å². The first-order valence-electron chi connectivity index (χ1n) is 10.9. The van der Waals surface area contributed by atoms with Gasteiger partial charge in [-0.15, -0.1) is 0 Å². The van der Waals surface area contributed by atoms with E-state index in [9.17, 15) is 9.59 Å². The number of nitrogens with zero attached hydrogens (tertiary/aromatic N) is 2. The van der Waals surface area contributed by atoms with Crippen LogP contribution in [0, 0.1) is 0 Å². The van der Waals surface area contributed by atoms with Crippen LogP contribution in [0.3, 0.4) is 0 Å². The van der Waals surface area contributed by atoms with E-state index >= 15 is 0 Å². The maximum atomic E-state index is 12.3. The molecule has 0 spiro atoms. The lowest BCUT2D eigenvalue weighted by molar-refractivity contribution is -0.118. The van der Waals surface area contributed by atoms with Gasteiger partial charge in [0, 0.05) is 36.8 Å². The highest BCUT2D eigenvalue weighted by Gasteiger charge is 2.13. The fourth-order valence-electron chi connectivity index (χ4n) is 3.59. The predicted molar refractivity (Wildman–Crippen MR) is 131 cm³/mol. The molecule has 0 aliphatic rings. The van der Waals surface area contributed by atoms with Gasteiger partial charge < -0.3 is 10.1 Å². The highest BCUT2D eigenvalue weighted by molar-refractivity contribution is 6.06. The highest BCUT2D eigenvalue weighted by Crippen LogP contribution is 2.28. The zero-order chi connectivity index (χ0) is 23.9. The van der Waals surface area contributed by atoms with Crippen LogP contribution < -0.4 is 21.3 Å². The number of hydrogen-bond acceptors (Lipinski definition) is 6. The summed E-state index contributed by atoms with van der Waals surface area (Å²) in [7, 11) is 0. The number of hydrazine groups is 1. The second kappa shape index (κ2) is 10.5. The van der Waals surface area contributed by atoms with Crippen LogP contribution in [0.25, 0.3) is 33.3 Å². The summed E-state index contributed by atoms with van der Waals surface area (Å²) in [5, 5.41) is 3.39. The molecule has 0 saturated carbocycles. The van der Waals surface area contributed by atoms with Crippen molar-refractivity contribution in [1.29, 1.82) is 0 Å². The van der Waals surface area contributed by atoms with E-state index in [4.69, 9.17) is 10.6 Å². The molecule has 8 nitrogen and oxygen atoms in total. The van der Waals surface area contributed by atoms with Crippen molar-refractivity contribution in [3.8, 4) is 28.1 Å². The van der Waals surface area contributed by atoms with E-state index < -0.39 is 5.91 Å². The third-order valence-corrected chi connectivity index (χ3v) is 5.32. The molecule has 0 aliphatic heterocycles. The number of carbonyl (C=O) groups excluding carboxylic acids is 2. The summed E-state index contributed by atoms with van der Waals surface area (Å²) in [5.74, 6) is 5.72. The monoisotopic (exact) mass is 455 g/mol. The van der Waals surface area contributed by atoms with Crippen molar-refractivity contribution in [3.63, 3.8) is 0 Å². The molecule has 0 bridgehead atoms. The van der Waals surface area contributed by atoms with Crippen molar-refractivity contribution in [2.75, 3.05) is 13.2 Å². The normalized spacial score (nSPS) is 10.6. The average molecular weight is 456 g/mol. The number of nitrogens with one attached hydrogen (secondary N) is 2. The van der Waals surface area contributed by atoms with Crippen LogP contribution in [0.5, 0.6) is 5.75 Å². The van der Waals surface area contributed by atoms with Crippen LogP contribution >= 0.6 is 0 Å². The molecule has 0 atom stereocenters.